The van der Waals surface area contributed by atoms with E-state index < -0.39 is 6.10 Å². The summed E-state index contributed by atoms with van der Waals surface area (Å²) in [7, 11) is 0. The first-order chi connectivity index (χ1) is 40.1. The van der Waals surface area contributed by atoms with Gasteiger partial charge in [-0.1, -0.05) is 398 Å². The number of aliphatic hydroxyl groups is 1. The van der Waals surface area contributed by atoms with Crippen LogP contribution >= 0.6 is 0 Å². The number of hydrogen-bond acceptors (Lipinski definition) is 5. The fourth-order valence-corrected chi connectivity index (χ4v) is 11.9. The molecule has 1 N–H and O–H groups in total. The molecule has 0 fully saturated rings. The summed E-state index contributed by atoms with van der Waals surface area (Å²) in [6.45, 7) is 4.21. The SMILES string of the molecule is CCCCCCC/C=C\C/C=C\CCCCCCCCCCCCCCCCCCCCCCCC(=O)OC(CO)COC(=O)CCCCCCCCCCCCCCCCCCCCCCCCCCCCCCCCCCCC. The number of rotatable bonds is 71. The van der Waals surface area contributed by atoms with Crippen LogP contribution in [0.1, 0.15) is 431 Å². The van der Waals surface area contributed by atoms with Crippen LogP contribution in [0.3, 0.4) is 0 Å². The van der Waals surface area contributed by atoms with Crippen molar-refractivity contribution >= 4 is 11.9 Å². The molecule has 1 atom stereocenters. The molecule has 81 heavy (non-hydrogen) atoms. The van der Waals surface area contributed by atoms with Crippen molar-refractivity contribution in [3.05, 3.63) is 24.3 Å². The summed E-state index contributed by atoms with van der Waals surface area (Å²) in [6.07, 6.45) is 95.3. The molecule has 0 rings (SSSR count). The molecule has 0 aromatic carbocycles. The first kappa shape index (κ1) is 79.4. The molecular formula is C76H146O5. The van der Waals surface area contributed by atoms with Crippen molar-refractivity contribution in [3.63, 3.8) is 0 Å². The topological polar surface area (TPSA) is 72.8 Å². The minimum Gasteiger partial charge on any atom is -0.462 e. The van der Waals surface area contributed by atoms with Crippen LogP contribution in [0.4, 0.5) is 0 Å². The lowest BCUT2D eigenvalue weighted by Gasteiger charge is -2.15. The molecule has 0 heterocycles. The predicted octanol–water partition coefficient (Wildman–Crippen LogP) is 25.9. The van der Waals surface area contributed by atoms with Crippen molar-refractivity contribution in [1.29, 1.82) is 0 Å². The van der Waals surface area contributed by atoms with E-state index in [0.717, 1.165) is 38.5 Å². The van der Waals surface area contributed by atoms with Gasteiger partial charge in [0.15, 0.2) is 6.10 Å². The van der Waals surface area contributed by atoms with Crippen LogP contribution < -0.4 is 0 Å². The van der Waals surface area contributed by atoms with Crippen LogP contribution in [0.25, 0.3) is 0 Å². The highest BCUT2D eigenvalue weighted by Gasteiger charge is 2.16. The van der Waals surface area contributed by atoms with Gasteiger partial charge in [0.2, 0.25) is 0 Å². The Bertz CT molecular complexity index is 1240. The number of aliphatic hydroxyl groups excluding tert-OH is 1. The van der Waals surface area contributed by atoms with Gasteiger partial charge in [0.25, 0.3) is 0 Å². The van der Waals surface area contributed by atoms with E-state index in [0.29, 0.717) is 12.8 Å². The summed E-state index contributed by atoms with van der Waals surface area (Å²) in [6, 6.07) is 0. The largest absolute Gasteiger partial charge is 0.462 e. The van der Waals surface area contributed by atoms with Gasteiger partial charge in [0.05, 0.1) is 6.61 Å². The lowest BCUT2D eigenvalue weighted by molar-refractivity contribution is -0.161. The summed E-state index contributed by atoms with van der Waals surface area (Å²) >= 11 is 0. The second kappa shape index (κ2) is 72.6. The molecule has 5 heteroatoms. The first-order valence-corrected chi connectivity index (χ1v) is 37.4. The maximum atomic E-state index is 12.4. The fourth-order valence-electron chi connectivity index (χ4n) is 11.9. The molecule has 1 unspecified atom stereocenters. The van der Waals surface area contributed by atoms with Crippen molar-refractivity contribution in [2.75, 3.05) is 13.2 Å². The number of esters is 2. The van der Waals surface area contributed by atoms with E-state index in [-0.39, 0.29) is 25.2 Å². The van der Waals surface area contributed by atoms with Crippen LogP contribution in [-0.4, -0.2) is 36.4 Å². The van der Waals surface area contributed by atoms with Crippen molar-refractivity contribution in [2.45, 2.75) is 437 Å². The zero-order valence-electron chi connectivity index (χ0n) is 55.3. The molecule has 0 aromatic rings. The Hall–Kier alpha value is -1.62. The molecule has 0 aromatic heterocycles. The van der Waals surface area contributed by atoms with E-state index in [4.69, 9.17) is 9.47 Å². The molecule has 0 saturated carbocycles. The van der Waals surface area contributed by atoms with E-state index in [1.807, 2.05) is 0 Å². The molecule has 0 radical (unpaired) electrons. The highest BCUT2D eigenvalue weighted by Crippen LogP contribution is 2.20. The predicted molar refractivity (Wildman–Crippen MR) is 358 cm³/mol. The lowest BCUT2D eigenvalue weighted by atomic mass is 10.0. The van der Waals surface area contributed by atoms with Crippen LogP contribution in [0, 0.1) is 0 Å². The maximum absolute atomic E-state index is 12.4. The minimum absolute atomic E-state index is 0.0574. The Balaban J connectivity index is 3.36. The average molecular weight is 1140 g/mol. The zero-order valence-corrected chi connectivity index (χ0v) is 55.3. The third-order valence-corrected chi connectivity index (χ3v) is 17.5. The van der Waals surface area contributed by atoms with Gasteiger partial charge in [-0.05, 0) is 44.9 Å². The summed E-state index contributed by atoms with van der Waals surface area (Å²) in [5.41, 5.74) is 0. The van der Waals surface area contributed by atoms with E-state index in [9.17, 15) is 14.7 Å². The smallest absolute Gasteiger partial charge is 0.306 e. The van der Waals surface area contributed by atoms with E-state index in [2.05, 4.69) is 38.2 Å². The zero-order chi connectivity index (χ0) is 58.4. The first-order valence-electron chi connectivity index (χ1n) is 37.4. The number of allylic oxidation sites excluding steroid dienone is 4. The van der Waals surface area contributed by atoms with Gasteiger partial charge in [0.1, 0.15) is 6.61 Å². The molecule has 480 valence electrons. The van der Waals surface area contributed by atoms with E-state index in [1.165, 1.54) is 366 Å². The Labute approximate surface area is 508 Å². The number of ether oxygens (including phenoxy) is 2. The second-order valence-corrected chi connectivity index (χ2v) is 25.7. The molecule has 0 bridgehead atoms. The van der Waals surface area contributed by atoms with Gasteiger partial charge >= 0.3 is 11.9 Å². The number of unbranched alkanes of at least 4 members (excludes halogenated alkanes) is 59. The average Bonchev–Trinajstić information content (AvgIpc) is 3.47. The highest BCUT2D eigenvalue weighted by molar-refractivity contribution is 5.70. The van der Waals surface area contributed by atoms with E-state index in [1.54, 1.807) is 0 Å². The minimum atomic E-state index is -0.768. The van der Waals surface area contributed by atoms with Gasteiger partial charge in [-0.3, -0.25) is 9.59 Å². The van der Waals surface area contributed by atoms with Crippen LogP contribution in [-0.2, 0) is 19.1 Å². The standard InChI is InChI=1S/C76H146O5/c1-3-5-7-9-11-13-15-17-19-21-23-25-27-29-31-33-35-37-39-40-42-44-46-48-50-52-54-56-58-60-62-64-66-68-70-75(78)80-73-74(72-77)81-76(79)71-69-67-65-63-61-59-57-55-53-51-49-47-45-43-41-38-36-34-32-30-28-26-24-22-20-18-16-14-12-10-8-6-4-2/h16,18,22,24,74,77H,3-15,17,19-21,23,25-73H2,1-2H3/b18-16-,24-22-. The van der Waals surface area contributed by atoms with Crippen molar-refractivity contribution < 1.29 is 24.2 Å². The highest BCUT2D eigenvalue weighted by atomic mass is 16.6. The summed E-state index contributed by atoms with van der Waals surface area (Å²) in [4.78, 5) is 24.7. The molecule has 0 aliphatic carbocycles. The van der Waals surface area contributed by atoms with Crippen molar-refractivity contribution in [1.82, 2.24) is 0 Å². The van der Waals surface area contributed by atoms with E-state index >= 15 is 0 Å². The van der Waals surface area contributed by atoms with Gasteiger partial charge in [-0.15, -0.1) is 0 Å². The Kier molecular flexibility index (Phi) is 71.2. The van der Waals surface area contributed by atoms with Crippen LogP contribution in [0.5, 0.6) is 0 Å². The monoisotopic (exact) mass is 1140 g/mol. The van der Waals surface area contributed by atoms with Gasteiger partial charge in [-0.2, -0.15) is 0 Å². The number of carbonyl (C=O) groups is 2. The fraction of sp³-hybridized carbons (Fsp3) is 0.921. The summed E-state index contributed by atoms with van der Waals surface area (Å²) in [5, 5.41) is 9.71. The Morgan fingerprint density at radius 3 is 0.728 bits per heavy atom. The van der Waals surface area contributed by atoms with Crippen LogP contribution in [0.15, 0.2) is 24.3 Å². The molecule has 0 aliphatic heterocycles. The molecule has 0 spiro atoms. The lowest BCUT2D eigenvalue weighted by Crippen LogP contribution is -2.28. The van der Waals surface area contributed by atoms with Gasteiger partial charge < -0.3 is 14.6 Å². The molecule has 0 aliphatic rings. The van der Waals surface area contributed by atoms with Crippen molar-refractivity contribution in [2.24, 2.45) is 0 Å². The summed E-state index contributed by atoms with van der Waals surface area (Å²) in [5.74, 6) is -0.561. The number of hydrogen-bond donors (Lipinski definition) is 1. The third kappa shape index (κ3) is 70.8. The van der Waals surface area contributed by atoms with Gasteiger partial charge in [0, 0.05) is 12.8 Å². The summed E-state index contributed by atoms with van der Waals surface area (Å²) < 4.78 is 10.8. The van der Waals surface area contributed by atoms with Crippen LogP contribution in [0.2, 0.25) is 0 Å². The molecular weight excluding hydrogens is 993 g/mol. The quantitative estimate of drug-likeness (QED) is 0.0373. The second-order valence-electron chi connectivity index (χ2n) is 25.7. The Morgan fingerprint density at radius 1 is 0.284 bits per heavy atom. The molecule has 0 saturated heterocycles. The Morgan fingerprint density at radius 2 is 0.494 bits per heavy atom. The third-order valence-electron chi connectivity index (χ3n) is 17.5. The van der Waals surface area contributed by atoms with Crippen molar-refractivity contribution in [3.8, 4) is 0 Å². The number of carbonyl (C=O) groups excluding carboxylic acids is 2. The normalized spacial score (nSPS) is 12.2. The molecule has 0 amide bonds. The van der Waals surface area contributed by atoms with Gasteiger partial charge in [-0.25, -0.2) is 0 Å². The maximum Gasteiger partial charge on any atom is 0.306 e. The molecule has 5 nitrogen and oxygen atoms in total.